The first-order valence-corrected chi connectivity index (χ1v) is 5.62. The van der Waals surface area contributed by atoms with E-state index in [0.717, 1.165) is 25.7 Å². The molecule has 0 aliphatic rings. The smallest absolute Gasteiger partial charge is 0.0566 e. The molecule has 0 heterocycles. The Balaban J connectivity index is 3.35. The lowest BCUT2D eigenvalue weighted by molar-refractivity contribution is 0.117. The van der Waals surface area contributed by atoms with Crippen LogP contribution in [0.15, 0.2) is 24.3 Å². The van der Waals surface area contributed by atoms with Crippen molar-refractivity contribution < 1.29 is 5.11 Å². The molecule has 0 aromatic rings. The number of rotatable bonds is 7. The summed E-state index contributed by atoms with van der Waals surface area (Å²) in [4.78, 5) is 0. The Hall–Kier alpha value is -0.560. The highest BCUT2D eigenvalue weighted by atomic mass is 16.3. The van der Waals surface area contributed by atoms with Crippen LogP contribution in [0.3, 0.4) is 0 Å². The van der Waals surface area contributed by atoms with Crippen LogP contribution in [0.4, 0.5) is 0 Å². The van der Waals surface area contributed by atoms with Crippen molar-refractivity contribution in [2.24, 2.45) is 5.92 Å². The molecule has 0 aromatic heterocycles. The Kier molecular flexibility index (Phi) is 8.65. The first-order valence-electron chi connectivity index (χ1n) is 5.62. The highest BCUT2D eigenvalue weighted by molar-refractivity contribution is 4.87. The maximum Gasteiger partial charge on any atom is 0.0566 e. The summed E-state index contributed by atoms with van der Waals surface area (Å²) in [5, 5.41) is 9.52. The van der Waals surface area contributed by atoms with Gasteiger partial charge in [0.1, 0.15) is 0 Å². The number of allylic oxidation sites excluding steroid dienone is 4. The molecule has 82 valence electrons. The van der Waals surface area contributed by atoms with Gasteiger partial charge in [-0.15, -0.1) is 0 Å². The molecule has 0 aliphatic heterocycles. The minimum absolute atomic E-state index is 0.143. The van der Waals surface area contributed by atoms with E-state index in [4.69, 9.17) is 0 Å². The van der Waals surface area contributed by atoms with Crippen LogP contribution in [0.1, 0.15) is 46.5 Å². The molecule has 1 heteroatoms. The van der Waals surface area contributed by atoms with Crippen LogP contribution >= 0.6 is 0 Å². The fourth-order valence-corrected chi connectivity index (χ4v) is 1.20. The van der Waals surface area contributed by atoms with Gasteiger partial charge in [-0.3, -0.25) is 0 Å². The molecule has 0 rings (SSSR count). The summed E-state index contributed by atoms with van der Waals surface area (Å²) >= 11 is 0. The molecule has 0 radical (unpaired) electrons. The van der Waals surface area contributed by atoms with Gasteiger partial charge >= 0.3 is 0 Å². The van der Waals surface area contributed by atoms with E-state index in [0.29, 0.717) is 5.92 Å². The zero-order valence-corrected chi connectivity index (χ0v) is 9.74. The van der Waals surface area contributed by atoms with Crippen molar-refractivity contribution in [1.82, 2.24) is 0 Å². The van der Waals surface area contributed by atoms with E-state index in [2.05, 4.69) is 38.2 Å². The first kappa shape index (κ1) is 13.4. The van der Waals surface area contributed by atoms with Crippen molar-refractivity contribution in [1.29, 1.82) is 0 Å². The highest BCUT2D eigenvalue weighted by Crippen LogP contribution is 2.08. The predicted octanol–water partition coefficient (Wildman–Crippen LogP) is 3.70. The molecule has 0 aromatic carbocycles. The van der Waals surface area contributed by atoms with Gasteiger partial charge in [-0.25, -0.2) is 0 Å². The van der Waals surface area contributed by atoms with Gasteiger partial charge < -0.3 is 5.11 Å². The highest BCUT2D eigenvalue weighted by Gasteiger charge is 2.06. The van der Waals surface area contributed by atoms with Gasteiger partial charge in [-0.2, -0.15) is 0 Å². The van der Waals surface area contributed by atoms with E-state index in [-0.39, 0.29) is 6.10 Å². The molecular formula is C13H24O. The Morgan fingerprint density at radius 3 is 2.14 bits per heavy atom. The third-order valence-electron chi connectivity index (χ3n) is 2.30. The quantitative estimate of drug-likeness (QED) is 0.486. The molecule has 0 bridgehead atoms. The lowest BCUT2D eigenvalue weighted by atomic mass is 10.0. The van der Waals surface area contributed by atoms with Gasteiger partial charge in [-0.1, -0.05) is 38.2 Å². The maximum atomic E-state index is 9.52. The molecule has 0 aliphatic carbocycles. The fraction of sp³-hybridized carbons (Fsp3) is 0.692. The fourth-order valence-electron chi connectivity index (χ4n) is 1.20. The summed E-state index contributed by atoms with van der Waals surface area (Å²) in [6, 6.07) is 0. The Labute approximate surface area is 88.5 Å². The zero-order chi connectivity index (χ0) is 10.8. The number of aliphatic hydroxyl groups is 1. The van der Waals surface area contributed by atoms with Crippen molar-refractivity contribution in [3.05, 3.63) is 24.3 Å². The van der Waals surface area contributed by atoms with E-state index < -0.39 is 0 Å². The second-order valence-electron chi connectivity index (χ2n) is 4.01. The predicted molar refractivity (Wildman–Crippen MR) is 63.3 cm³/mol. The second kappa shape index (κ2) is 9.01. The molecule has 14 heavy (non-hydrogen) atoms. The third-order valence-corrected chi connectivity index (χ3v) is 2.30. The van der Waals surface area contributed by atoms with Crippen LogP contribution < -0.4 is 0 Å². The average molecular weight is 196 g/mol. The standard InChI is InChI=1S/C13H24O/c1-4-5-6-7-8-9-10-11-13(14)12(2)3/h4-5,8-9,12-14H,6-7,10-11H2,1-3H3/b5-4+,9-8+. The van der Waals surface area contributed by atoms with Gasteiger partial charge in [0.05, 0.1) is 6.10 Å². The number of unbranched alkanes of at least 4 members (excludes halogenated alkanes) is 1. The molecular weight excluding hydrogens is 172 g/mol. The first-order chi connectivity index (χ1) is 6.68. The van der Waals surface area contributed by atoms with Gasteiger partial charge in [-0.05, 0) is 38.5 Å². The molecule has 1 atom stereocenters. The lowest BCUT2D eigenvalue weighted by Crippen LogP contribution is -2.13. The van der Waals surface area contributed by atoms with Crippen LogP contribution in [-0.2, 0) is 0 Å². The van der Waals surface area contributed by atoms with Crippen LogP contribution in [0.25, 0.3) is 0 Å². The van der Waals surface area contributed by atoms with Gasteiger partial charge in [0.2, 0.25) is 0 Å². The van der Waals surface area contributed by atoms with Gasteiger partial charge in [0, 0.05) is 0 Å². The zero-order valence-electron chi connectivity index (χ0n) is 9.74. The Morgan fingerprint density at radius 1 is 1.00 bits per heavy atom. The summed E-state index contributed by atoms with van der Waals surface area (Å²) in [6.45, 7) is 6.16. The number of hydrogen-bond donors (Lipinski definition) is 1. The summed E-state index contributed by atoms with van der Waals surface area (Å²) in [6.07, 6.45) is 12.6. The summed E-state index contributed by atoms with van der Waals surface area (Å²) in [7, 11) is 0. The maximum absolute atomic E-state index is 9.52. The molecule has 0 fully saturated rings. The average Bonchev–Trinajstić information content (AvgIpc) is 2.16. The van der Waals surface area contributed by atoms with Crippen LogP contribution in [0.5, 0.6) is 0 Å². The molecule has 0 spiro atoms. The molecule has 1 unspecified atom stereocenters. The minimum Gasteiger partial charge on any atom is -0.393 e. The number of hydrogen-bond acceptors (Lipinski definition) is 1. The minimum atomic E-state index is -0.143. The van der Waals surface area contributed by atoms with Gasteiger partial charge in [0.15, 0.2) is 0 Å². The molecule has 0 saturated carbocycles. The van der Waals surface area contributed by atoms with E-state index in [1.807, 2.05) is 6.92 Å². The molecule has 1 N–H and O–H groups in total. The molecule has 0 saturated heterocycles. The van der Waals surface area contributed by atoms with E-state index in [9.17, 15) is 5.11 Å². The van der Waals surface area contributed by atoms with Crippen LogP contribution in [0.2, 0.25) is 0 Å². The molecule has 0 amide bonds. The normalized spacial score (nSPS) is 14.6. The monoisotopic (exact) mass is 196 g/mol. The van der Waals surface area contributed by atoms with Crippen molar-refractivity contribution >= 4 is 0 Å². The van der Waals surface area contributed by atoms with E-state index in [1.165, 1.54) is 0 Å². The van der Waals surface area contributed by atoms with Crippen molar-refractivity contribution in [2.75, 3.05) is 0 Å². The van der Waals surface area contributed by atoms with Crippen LogP contribution in [0, 0.1) is 5.92 Å². The Morgan fingerprint density at radius 2 is 1.57 bits per heavy atom. The summed E-state index contributed by atoms with van der Waals surface area (Å²) < 4.78 is 0. The Bertz CT molecular complexity index is 168. The van der Waals surface area contributed by atoms with Crippen molar-refractivity contribution in [2.45, 2.75) is 52.6 Å². The lowest BCUT2D eigenvalue weighted by Gasteiger charge is -2.12. The van der Waals surface area contributed by atoms with Gasteiger partial charge in [0.25, 0.3) is 0 Å². The van der Waals surface area contributed by atoms with Crippen LogP contribution in [-0.4, -0.2) is 11.2 Å². The second-order valence-corrected chi connectivity index (χ2v) is 4.01. The van der Waals surface area contributed by atoms with Crippen molar-refractivity contribution in [3.63, 3.8) is 0 Å². The summed E-state index contributed by atoms with van der Waals surface area (Å²) in [5.74, 6) is 0.381. The largest absolute Gasteiger partial charge is 0.393 e. The SMILES string of the molecule is C/C=C/CC/C=C/CCC(O)C(C)C. The van der Waals surface area contributed by atoms with Crippen molar-refractivity contribution in [3.8, 4) is 0 Å². The topological polar surface area (TPSA) is 20.2 Å². The third kappa shape index (κ3) is 8.06. The van der Waals surface area contributed by atoms with E-state index in [1.54, 1.807) is 0 Å². The summed E-state index contributed by atoms with van der Waals surface area (Å²) in [5.41, 5.74) is 0. The number of aliphatic hydroxyl groups excluding tert-OH is 1. The van der Waals surface area contributed by atoms with E-state index >= 15 is 0 Å². The molecule has 1 nitrogen and oxygen atoms in total.